The van der Waals surface area contributed by atoms with Gasteiger partial charge in [-0.2, -0.15) is 0 Å². The number of ether oxygens (including phenoxy) is 1. The zero-order valence-corrected chi connectivity index (χ0v) is 27.3. The van der Waals surface area contributed by atoms with Gasteiger partial charge in [-0.15, -0.1) is 11.3 Å². The highest BCUT2D eigenvalue weighted by Gasteiger charge is 2.39. The summed E-state index contributed by atoms with van der Waals surface area (Å²) in [5, 5.41) is 6.63. The predicted molar refractivity (Wildman–Crippen MR) is 187 cm³/mol. The van der Waals surface area contributed by atoms with Crippen LogP contribution in [0.15, 0.2) is 79.0 Å². The van der Waals surface area contributed by atoms with Crippen molar-refractivity contribution in [2.75, 3.05) is 37.5 Å². The fourth-order valence-corrected chi connectivity index (χ4v) is 6.81. The molecule has 2 aliphatic heterocycles. The molecule has 2 aliphatic rings. The fraction of sp³-hybridized carbons (Fsp3) is 0.216. The van der Waals surface area contributed by atoms with Gasteiger partial charge in [-0.05, 0) is 66.1 Å². The van der Waals surface area contributed by atoms with Crippen molar-refractivity contribution in [1.29, 1.82) is 0 Å². The first kappa shape index (κ1) is 30.9. The molecule has 0 radical (unpaired) electrons. The van der Waals surface area contributed by atoms with Gasteiger partial charge in [-0.3, -0.25) is 19.7 Å². The topological polar surface area (TPSA) is 117 Å². The van der Waals surface area contributed by atoms with Gasteiger partial charge in [0.05, 0.1) is 16.8 Å². The van der Waals surface area contributed by atoms with Crippen LogP contribution in [0.3, 0.4) is 0 Å². The van der Waals surface area contributed by atoms with Crippen molar-refractivity contribution in [3.63, 3.8) is 0 Å². The molecule has 1 fully saturated rings. The molecule has 4 heterocycles. The molecule has 0 aliphatic carbocycles. The summed E-state index contributed by atoms with van der Waals surface area (Å²) in [6, 6.07) is 23.2. The lowest BCUT2D eigenvalue weighted by atomic mass is 10.0. The number of anilines is 2. The van der Waals surface area contributed by atoms with Gasteiger partial charge in [0.15, 0.2) is 0 Å². The second kappa shape index (κ2) is 13.2. The van der Waals surface area contributed by atoms with Crippen LogP contribution in [0, 0.1) is 11.8 Å². The van der Waals surface area contributed by atoms with Crippen molar-refractivity contribution < 1.29 is 19.1 Å². The van der Waals surface area contributed by atoms with Gasteiger partial charge in [0.1, 0.15) is 29.2 Å². The third-order valence-corrected chi connectivity index (χ3v) is 9.44. The van der Waals surface area contributed by atoms with Gasteiger partial charge >= 0.3 is 0 Å². The van der Waals surface area contributed by atoms with E-state index >= 15 is 0 Å². The maximum absolute atomic E-state index is 12.9. The highest BCUT2D eigenvalue weighted by atomic mass is 32.1. The minimum Gasteiger partial charge on any atom is -0.481 e. The van der Waals surface area contributed by atoms with E-state index in [1.807, 2.05) is 49.5 Å². The van der Waals surface area contributed by atoms with E-state index < -0.39 is 11.9 Å². The number of carbonyl (C=O) groups is 3. The zero-order chi connectivity index (χ0) is 33.2. The van der Waals surface area contributed by atoms with E-state index in [1.54, 1.807) is 23.5 Å². The number of benzene rings is 3. The highest BCUT2D eigenvalue weighted by Crippen LogP contribution is 2.33. The second-order valence-corrected chi connectivity index (χ2v) is 12.8. The summed E-state index contributed by atoms with van der Waals surface area (Å²) in [7, 11) is 3.96. The Morgan fingerprint density at radius 1 is 0.979 bits per heavy atom. The maximum Gasteiger partial charge on any atom is 0.255 e. The molecule has 1 saturated heterocycles. The van der Waals surface area contributed by atoms with Crippen molar-refractivity contribution in [2.45, 2.75) is 25.4 Å². The summed E-state index contributed by atoms with van der Waals surface area (Å²) in [5.41, 5.74) is 6.49. The fourth-order valence-electron chi connectivity index (χ4n) is 5.80. The summed E-state index contributed by atoms with van der Waals surface area (Å²) in [6.07, 6.45) is 2.45. The minimum absolute atomic E-state index is 0.194. The Kier molecular flexibility index (Phi) is 8.48. The number of pyridine rings is 1. The molecule has 48 heavy (non-hydrogen) atoms. The lowest BCUT2D eigenvalue weighted by Crippen LogP contribution is -2.52. The Bertz CT molecular complexity index is 2100. The Morgan fingerprint density at radius 3 is 2.56 bits per heavy atom. The quantitative estimate of drug-likeness (QED) is 0.170. The number of hydrogen-bond acceptors (Lipinski definition) is 9. The molecule has 0 bridgehead atoms. The largest absolute Gasteiger partial charge is 0.481 e. The van der Waals surface area contributed by atoms with E-state index in [0.29, 0.717) is 30.8 Å². The molecule has 240 valence electrons. The van der Waals surface area contributed by atoms with Crippen molar-refractivity contribution in [3.05, 3.63) is 90.1 Å². The van der Waals surface area contributed by atoms with Crippen LogP contribution in [0.1, 0.15) is 28.8 Å². The average Bonchev–Trinajstić information content (AvgIpc) is 3.66. The summed E-state index contributed by atoms with van der Waals surface area (Å²) in [5.74, 6) is 6.70. The number of hydrogen-bond donors (Lipinski definition) is 2. The van der Waals surface area contributed by atoms with E-state index in [0.717, 1.165) is 49.0 Å². The van der Waals surface area contributed by atoms with Gasteiger partial charge in [-0.1, -0.05) is 36.1 Å². The number of piperidine rings is 1. The van der Waals surface area contributed by atoms with Gasteiger partial charge in [0.2, 0.25) is 11.8 Å². The molecule has 3 aromatic carbocycles. The van der Waals surface area contributed by atoms with Crippen molar-refractivity contribution in [2.24, 2.45) is 0 Å². The van der Waals surface area contributed by atoms with Gasteiger partial charge < -0.3 is 19.9 Å². The standard InChI is InChI=1S/C37H32N6O4S/c1-42(2)33-15-9-25(21-39-33)23-5-7-24(8-6-23)36-40-30-13-10-27(20-32(30)48-36)38-17-3-4-18-47-28-11-12-29-26(19-28)22-43(37(29)46)31-14-16-34(44)41-35(31)45/h5-13,15,19-21,31,38H,14,16-18,22H2,1-2H3,(H,41,44,45). The van der Waals surface area contributed by atoms with Crippen LogP contribution < -0.4 is 20.3 Å². The number of rotatable bonds is 8. The first-order chi connectivity index (χ1) is 23.3. The van der Waals surface area contributed by atoms with Crippen LogP contribution in [0.5, 0.6) is 5.75 Å². The number of thiazole rings is 1. The van der Waals surface area contributed by atoms with Crippen LogP contribution >= 0.6 is 11.3 Å². The third kappa shape index (κ3) is 6.43. The van der Waals surface area contributed by atoms with Gasteiger partial charge in [-0.25, -0.2) is 9.97 Å². The van der Waals surface area contributed by atoms with Crippen LogP contribution in [0.2, 0.25) is 0 Å². The van der Waals surface area contributed by atoms with Gasteiger partial charge in [0, 0.05) is 55.6 Å². The number of nitrogens with zero attached hydrogens (tertiary/aromatic N) is 4. The van der Waals surface area contributed by atoms with Crippen molar-refractivity contribution >= 4 is 50.8 Å². The number of amides is 3. The van der Waals surface area contributed by atoms with Crippen LogP contribution in [-0.2, 0) is 16.1 Å². The number of carbonyl (C=O) groups excluding carboxylic acids is 3. The number of fused-ring (bicyclic) bond motifs is 2. The van der Waals surface area contributed by atoms with E-state index in [1.165, 1.54) is 4.90 Å². The van der Waals surface area contributed by atoms with Gasteiger partial charge in [0.25, 0.3) is 5.91 Å². The molecule has 0 spiro atoms. The summed E-state index contributed by atoms with van der Waals surface area (Å²) < 4.78 is 6.90. The molecular weight excluding hydrogens is 625 g/mol. The smallest absolute Gasteiger partial charge is 0.255 e. The molecule has 2 aromatic heterocycles. The van der Waals surface area contributed by atoms with Crippen LogP contribution in [0.4, 0.5) is 11.5 Å². The third-order valence-electron chi connectivity index (χ3n) is 8.37. The first-order valence-electron chi connectivity index (χ1n) is 15.6. The van der Waals surface area contributed by atoms with Crippen molar-refractivity contribution in [3.8, 4) is 39.3 Å². The number of imide groups is 1. The van der Waals surface area contributed by atoms with E-state index in [9.17, 15) is 14.4 Å². The molecule has 7 rings (SSSR count). The molecule has 0 saturated carbocycles. The van der Waals surface area contributed by atoms with Crippen LogP contribution in [0.25, 0.3) is 31.9 Å². The Labute approximate surface area is 281 Å². The molecule has 1 unspecified atom stereocenters. The lowest BCUT2D eigenvalue weighted by molar-refractivity contribution is -0.136. The minimum atomic E-state index is -0.641. The molecule has 2 N–H and O–H groups in total. The molecular formula is C37H32N6O4S. The normalized spacial score (nSPS) is 15.5. The highest BCUT2D eigenvalue weighted by molar-refractivity contribution is 7.21. The maximum atomic E-state index is 12.9. The number of nitrogens with one attached hydrogen (secondary N) is 2. The Morgan fingerprint density at radius 2 is 1.79 bits per heavy atom. The Hall–Kier alpha value is -5.73. The number of aromatic nitrogens is 2. The SMILES string of the molecule is CN(C)c1ccc(-c2ccc(-c3nc4ccc(NCC#CCOc5ccc6c(c5)CN(C5CCC(=O)NC5=O)C6=O)cc4s3)cc2)cn1. The van der Waals surface area contributed by atoms with Crippen LogP contribution in [-0.4, -0.2) is 65.9 Å². The Balaban J connectivity index is 0.914. The molecule has 11 heteroatoms. The predicted octanol–water partition coefficient (Wildman–Crippen LogP) is 5.35. The molecule has 3 amide bonds. The second-order valence-electron chi connectivity index (χ2n) is 11.8. The van der Waals surface area contributed by atoms with Crippen molar-refractivity contribution in [1.82, 2.24) is 20.2 Å². The molecule has 1 atom stereocenters. The molecule has 5 aromatic rings. The average molecular weight is 657 g/mol. The first-order valence-corrected chi connectivity index (χ1v) is 16.4. The van der Waals surface area contributed by atoms with E-state index in [4.69, 9.17) is 9.72 Å². The lowest BCUT2D eigenvalue weighted by Gasteiger charge is -2.29. The van der Waals surface area contributed by atoms with E-state index in [2.05, 4.69) is 63.9 Å². The summed E-state index contributed by atoms with van der Waals surface area (Å²) in [4.78, 5) is 49.5. The summed E-state index contributed by atoms with van der Waals surface area (Å²) >= 11 is 1.65. The summed E-state index contributed by atoms with van der Waals surface area (Å²) in [6.45, 7) is 0.945. The monoisotopic (exact) mass is 656 g/mol. The molecule has 10 nitrogen and oxygen atoms in total. The van der Waals surface area contributed by atoms with E-state index in [-0.39, 0.29) is 24.8 Å². The zero-order valence-electron chi connectivity index (χ0n) is 26.4.